The largest absolute Gasteiger partial charge is 0.478 e. The lowest BCUT2D eigenvalue weighted by molar-refractivity contribution is -0.00355. The molecule has 20 heavy (non-hydrogen) atoms. The van der Waals surface area contributed by atoms with E-state index in [-0.39, 0.29) is 0 Å². The molecule has 4 fully saturated rings. The van der Waals surface area contributed by atoms with E-state index in [0.29, 0.717) is 29.1 Å². The van der Waals surface area contributed by atoms with Crippen molar-refractivity contribution in [1.82, 2.24) is 0 Å². The number of rotatable bonds is 2. The van der Waals surface area contributed by atoms with Crippen LogP contribution in [0, 0.1) is 37.5 Å². The van der Waals surface area contributed by atoms with Crippen LogP contribution in [0.15, 0.2) is 4.42 Å². The number of aryl methyl sites for hydroxylation is 2. The Labute approximate surface area is 119 Å². The van der Waals surface area contributed by atoms with Gasteiger partial charge in [0.25, 0.3) is 0 Å². The van der Waals surface area contributed by atoms with Gasteiger partial charge in [-0.2, -0.15) is 0 Å². The summed E-state index contributed by atoms with van der Waals surface area (Å²) in [5, 5.41) is 9.55. The number of furan rings is 1. The van der Waals surface area contributed by atoms with Crippen molar-refractivity contribution < 1.29 is 14.3 Å². The topological polar surface area (TPSA) is 50.4 Å². The van der Waals surface area contributed by atoms with Gasteiger partial charge in [-0.3, -0.25) is 0 Å². The molecule has 0 radical (unpaired) electrons. The molecule has 1 heterocycles. The van der Waals surface area contributed by atoms with E-state index in [4.69, 9.17) is 4.42 Å². The van der Waals surface area contributed by atoms with Crippen molar-refractivity contribution in [3.8, 4) is 0 Å². The highest BCUT2D eigenvalue weighted by Gasteiger charge is 2.50. The smallest absolute Gasteiger partial charge is 0.339 e. The molecule has 108 valence electrons. The van der Waals surface area contributed by atoms with Gasteiger partial charge in [0.2, 0.25) is 0 Å². The number of carbonyl (C=O) groups is 1. The Hall–Kier alpha value is -1.25. The maximum atomic E-state index is 11.6. The molecule has 3 nitrogen and oxygen atoms in total. The third kappa shape index (κ3) is 1.61. The molecule has 3 heteroatoms. The summed E-state index contributed by atoms with van der Waals surface area (Å²) in [6.45, 7) is 3.73. The van der Waals surface area contributed by atoms with E-state index in [0.717, 1.165) is 23.2 Å². The predicted octanol–water partition coefficient (Wildman–Crippen LogP) is 4.13. The molecule has 5 rings (SSSR count). The number of carboxylic acid groups (broad SMARTS) is 1. The molecule has 0 amide bonds. The number of hydrogen-bond donors (Lipinski definition) is 1. The first kappa shape index (κ1) is 12.5. The highest BCUT2D eigenvalue weighted by atomic mass is 16.4. The molecule has 4 aliphatic carbocycles. The molecule has 1 N–H and O–H groups in total. The highest BCUT2D eigenvalue weighted by molar-refractivity contribution is 5.91. The van der Waals surface area contributed by atoms with Gasteiger partial charge < -0.3 is 9.52 Å². The summed E-state index contributed by atoms with van der Waals surface area (Å²) in [5.74, 6) is 4.26. The van der Waals surface area contributed by atoms with Crippen LogP contribution in [0.1, 0.15) is 65.5 Å². The van der Waals surface area contributed by atoms with Crippen LogP contribution in [0.3, 0.4) is 0 Å². The second kappa shape index (κ2) is 4.12. The minimum Gasteiger partial charge on any atom is -0.478 e. The molecule has 0 aromatic carbocycles. The van der Waals surface area contributed by atoms with Crippen molar-refractivity contribution in [2.75, 3.05) is 0 Å². The van der Waals surface area contributed by atoms with Gasteiger partial charge in [0, 0.05) is 5.56 Å². The van der Waals surface area contributed by atoms with E-state index < -0.39 is 5.97 Å². The van der Waals surface area contributed by atoms with E-state index in [9.17, 15) is 9.90 Å². The number of hydrogen-bond acceptors (Lipinski definition) is 2. The zero-order valence-electron chi connectivity index (χ0n) is 12.2. The Kier molecular flexibility index (Phi) is 2.57. The van der Waals surface area contributed by atoms with Crippen LogP contribution in [-0.4, -0.2) is 11.1 Å². The molecule has 4 aliphatic rings. The van der Waals surface area contributed by atoms with Crippen molar-refractivity contribution in [1.29, 1.82) is 0 Å². The fourth-order valence-corrected chi connectivity index (χ4v) is 5.77. The first-order chi connectivity index (χ1) is 9.54. The molecule has 0 aliphatic heterocycles. The summed E-state index contributed by atoms with van der Waals surface area (Å²) >= 11 is 0. The lowest BCUT2D eigenvalue weighted by Crippen LogP contribution is -2.44. The predicted molar refractivity (Wildman–Crippen MR) is 74.9 cm³/mol. The Morgan fingerprint density at radius 2 is 1.55 bits per heavy atom. The van der Waals surface area contributed by atoms with Crippen molar-refractivity contribution in [3.05, 3.63) is 22.6 Å². The zero-order valence-corrected chi connectivity index (χ0v) is 12.2. The van der Waals surface area contributed by atoms with E-state index in [1.807, 2.05) is 6.92 Å². The van der Waals surface area contributed by atoms with Crippen LogP contribution in [-0.2, 0) is 0 Å². The van der Waals surface area contributed by atoms with Crippen LogP contribution in [0.4, 0.5) is 0 Å². The van der Waals surface area contributed by atoms with Crippen molar-refractivity contribution in [3.63, 3.8) is 0 Å². The third-order valence-corrected chi connectivity index (χ3v) is 6.08. The molecule has 1 aromatic heterocycles. The van der Waals surface area contributed by atoms with Crippen LogP contribution < -0.4 is 0 Å². The van der Waals surface area contributed by atoms with E-state index in [1.54, 1.807) is 6.92 Å². The quantitative estimate of drug-likeness (QED) is 0.882. The van der Waals surface area contributed by atoms with Gasteiger partial charge in [-0.1, -0.05) is 0 Å². The van der Waals surface area contributed by atoms with Crippen LogP contribution in [0.2, 0.25) is 0 Å². The summed E-state index contributed by atoms with van der Waals surface area (Å²) in [6.07, 6.45) is 6.65. The fraction of sp³-hybridized carbons (Fsp3) is 0.706. The van der Waals surface area contributed by atoms with Gasteiger partial charge in [0.15, 0.2) is 0 Å². The van der Waals surface area contributed by atoms with Gasteiger partial charge in [-0.25, -0.2) is 4.79 Å². The van der Waals surface area contributed by atoms with E-state index >= 15 is 0 Å². The summed E-state index contributed by atoms with van der Waals surface area (Å²) in [5.41, 5.74) is 1.49. The first-order valence-electron chi connectivity index (χ1n) is 7.87. The monoisotopic (exact) mass is 274 g/mol. The van der Waals surface area contributed by atoms with Gasteiger partial charge in [0.1, 0.15) is 17.1 Å². The number of carboxylic acids is 1. The maximum absolute atomic E-state index is 11.6. The Morgan fingerprint density at radius 3 is 2.05 bits per heavy atom. The highest BCUT2D eigenvalue weighted by Crippen LogP contribution is 2.60. The Morgan fingerprint density at radius 1 is 1.00 bits per heavy atom. The summed E-state index contributed by atoms with van der Waals surface area (Å²) in [4.78, 5) is 11.6. The second-order valence-electron chi connectivity index (χ2n) is 7.26. The molecular weight excluding hydrogens is 252 g/mol. The normalized spacial score (nSPS) is 38.4. The minimum atomic E-state index is -0.817. The van der Waals surface area contributed by atoms with E-state index in [1.165, 1.54) is 32.1 Å². The molecule has 0 atom stereocenters. The first-order valence-corrected chi connectivity index (χ1v) is 7.87. The molecule has 0 saturated heterocycles. The van der Waals surface area contributed by atoms with Crippen molar-refractivity contribution in [2.24, 2.45) is 23.7 Å². The molecular formula is C17H22O3. The average molecular weight is 274 g/mol. The Bertz CT molecular complexity index is 541. The summed E-state index contributed by atoms with van der Waals surface area (Å²) < 4.78 is 5.68. The van der Waals surface area contributed by atoms with Gasteiger partial charge in [-0.05, 0) is 75.5 Å². The summed E-state index contributed by atoms with van der Waals surface area (Å²) in [6, 6.07) is 0. The van der Waals surface area contributed by atoms with Crippen LogP contribution in [0.5, 0.6) is 0 Å². The minimum absolute atomic E-state index is 0.436. The lowest BCUT2D eigenvalue weighted by Gasteiger charge is -2.54. The molecule has 1 aromatic rings. The molecule has 4 saturated carbocycles. The van der Waals surface area contributed by atoms with Gasteiger partial charge in [0.05, 0.1) is 0 Å². The molecule has 4 bridgehead atoms. The molecule has 0 unspecified atom stereocenters. The van der Waals surface area contributed by atoms with E-state index in [2.05, 4.69) is 0 Å². The van der Waals surface area contributed by atoms with Crippen LogP contribution >= 0.6 is 0 Å². The number of aromatic carboxylic acids is 1. The maximum Gasteiger partial charge on any atom is 0.339 e. The zero-order chi connectivity index (χ0) is 14.0. The van der Waals surface area contributed by atoms with Gasteiger partial charge >= 0.3 is 5.97 Å². The Balaban J connectivity index is 1.80. The third-order valence-electron chi connectivity index (χ3n) is 6.08. The molecule has 0 spiro atoms. The van der Waals surface area contributed by atoms with Crippen LogP contribution in [0.25, 0.3) is 0 Å². The van der Waals surface area contributed by atoms with Crippen molar-refractivity contribution >= 4 is 5.97 Å². The lowest BCUT2D eigenvalue weighted by atomic mass is 9.50. The summed E-state index contributed by atoms with van der Waals surface area (Å²) in [7, 11) is 0. The van der Waals surface area contributed by atoms with Gasteiger partial charge in [-0.15, -0.1) is 0 Å². The van der Waals surface area contributed by atoms with Crippen molar-refractivity contribution in [2.45, 2.75) is 51.9 Å². The standard InChI is InChI=1S/C17H22O3/c1-8-14(15(17(18)19)9(2)20-8)16-12-4-10-3-11(6-12)7-13(16)5-10/h10-13,16H,3-7H2,1-2H3,(H,18,19). The fourth-order valence-electron chi connectivity index (χ4n) is 5.77. The second-order valence-corrected chi connectivity index (χ2v) is 7.26. The SMILES string of the molecule is Cc1oc(C)c(C2C3CC4CC(C3)CC2C4)c1C(=O)O. The average Bonchev–Trinajstić information content (AvgIpc) is 2.63.